The number of aromatic nitrogens is 1. The second-order valence-electron chi connectivity index (χ2n) is 6.15. The van der Waals surface area contributed by atoms with Gasteiger partial charge in [-0.25, -0.2) is 9.78 Å². The van der Waals surface area contributed by atoms with E-state index in [2.05, 4.69) is 41.3 Å². The number of unbranched alkanes of at least 4 members (excludes halogenated alkanes) is 1. The largest absolute Gasteiger partial charge is 0.372 e. The Morgan fingerprint density at radius 2 is 2.04 bits per heavy atom. The first-order chi connectivity index (χ1) is 11.1. The Morgan fingerprint density at radius 3 is 2.65 bits per heavy atom. The van der Waals surface area contributed by atoms with Crippen LogP contribution in [-0.2, 0) is 11.3 Å². The molecule has 1 fully saturated rings. The average Bonchev–Trinajstić information content (AvgIpc) is 2.53. The molecule has 0 radical (unpaired) electrons. The molecule has 0 spiro atoms. The Bertz CT molecular complexity index is 482. The minimum absolute atomic E-state index is 0.127. The van der Waals surface area contributed by atoms with Crippen LogP contribution in [0.4, 0.5) is 10.6 Å². The van der Waals surface area contributed by atoms with E-state index in [4.69, 9.17) is 4.74 Å². The number of rotatable bonds is 6. The average molecular weight is 320 g/mol. The van der Waals surface area contributed by atoms with E-state index in [-0.39, 0.29) is 18.2 Å². The molecule has 2 heterocycles. The van der Waals surface area contributed by atoms with Crippen molar-refractivity contribution in [3.05, 3.63) is 23.9 Å². The van der Waals surface area contributed by atoms with Gasteiger partial charge in [0.1, 0.15) is 5.82 Å². The summed E-state index contributed by atoms with van der Waals surface area (Å²) < 4.78 is 5.74. The Balaban J connectivity index is 1.81. The van der Waals surface area contributed by atoms with Crippen LogP contribution in [0.3, 0.4) is 0 Å². The van der Waals surface area contributed by atoms with E-state index < -0.39 is 0 Å². The maximum atomic E-state index is 11.6. The van der Waals surface area contributed by atoms with Gasteiger partial charge in [-0.15, -0.1) is 0 Å². The molecule has 1 aromatic rings. The van der Waals surface area contributed by atoms with Gasteiger partial charge in [0.2, 0.25) is 0 Å². The van der Waals surface area contributed by atoms with Gasteiger partial charge in [0, 0.05) is 32.4 Å². The first-order valence-electron chi connectivity index (χ1n) is 8.45. The summed E-state index contributed by atoms with van der Waals surface area (Å²) in [6.45, 7) is 9.18. The molecule has 128 valence electrons. The zero-order valence-corrected chi connectivity index (χ0v) is 14.3. The summed E-state index contributed by atoms with van der Waals surface area (Å²) in [5.74, 6) is 0.961. The number of amides is 2. The zero-order valence-electron chi connectivity index (χ0n) is 14.3. The molecule has 1 saturated heterocycles. The lowest BCUT2D eigenvalue weighted by atomic mass is 10.2. The number of carbonyl (C=O) groups excluding carboxylic acids is 1. The molecule has 6 heteroatoms. The molecule has 0 saturated carbocycles. The van der Waals surface area contributed by atoms with Crippen LogP contribution in [0.5, 0.6) is 0 Å². The highest BCUT2D eigenvalue weighted by atomic mass is 16.5. The summed E-state index contributed by atoms with van der Waals surface area (Å²) in [7, 11) is 0. The van der Waals surface area contributed by atoms with Crippen molar-refractivity contribution in [3.8, 4) is 0 Å². The SMILES string of the molecule is CCCCNC(=O)NCc1ccc(N2CC(C)OC(C)C2)nc1. The Labute approximate surface area is 138 Å². The molecule has 2 unspecified atom stereocenters. The number of anilines is 1. The van der Waals surface area contributed by atoms with E-state index in [1.165, 1.54) is 0 Å². The third-order valence-corrected chi connectivity index (χ3v) is 3.82. The molecular weight excluding hydrogens is 292 g/mol. The Kier molecular flexibility index (Phi) is 6.65. The van der Waals surface area contributed by atoms with Crippen molar-refractivity contribution in [3.63, 3.8) is 0 Å². The summed E-state index contributed by atoms with van der Waals surface area (Å²) in [6, 6.07) is 3.90. The number of morpholine rings is 1. The van der Waals surface area contributed by atoms with Gasteiger partial charge in [0.05, 0.1) is 12.2 Å². The van der Waals surface area contributed by atoms with Crippen LogP contribution >= 0.6 is 0 Å². The van der Waals surface area contributed by atoms with Crippen LogP contribution in [0.15, 0.2) is 18.3 Å². The van der Waals surface area contributed by atoms with Gasteiger partial charge in [0.15, 0.2) is 0 Å². The number of nitrogens with one attached hydrogen (secondary N) is 2. The van der Waals surface area contributed by atoms with Gasteiger partial charge in [-0.3, -0.25) is 0 Å². The normalized spacial score (nSPS) is 21.1. The Morgan fingerprint density at radius 1 is 1.30 bits per heavy atom. The summed E-state index contributed by atoms with van der Waals surface area (Å²) in [4.78, 5) is 18.4. The maximum Gasteiger partial charge on any atom is 0.315 e. The fraction of sp³-hybridized carbons (Fsp3) is 0.647. The summed E-state index contributed by atoms with van der Waals surface area (Å²) in [6.07, 6.45) is 4.33. The number of pyridine rings is 1. The number of ether oxygens (including phenoxy) is 1. The fourth-order valence-corrected chi connectivity index (χ4v) is 2.70. The van der Waals surface area contributed by atoms with Crippen LogP contribution in [0, 0.1) is 0 Å². The predicted octanol–water partition coefficient (Wildman–Crippen LogP) is 2.29. The molecule has 2 rings (SSSR count). The lowest BCUT2D eigenvalue weighted by Crippen LogP contribution is -2.45. The molecule has 6 nitrogen and oxygen atoms in total. The van der Waals surface area contributed by atoms with E-state index in [1.54, 1.807) is 0 Å². The molecule has 1 aliphatic rings. The lowest BCUT2D eigenvalue weighted by molar-refractivity contribution is -0.00546. The van der Waals surface area contributed by atoms with Gasteiger partial charge in [-0.2, -0.15) is 0 Å². The van der Waals surface area contributed by atoms with E-state index in [1.807, 2.05) is 18.3 Å². The van der Waals surface area contributed by atoms with Crippen LogP contribution in [-0.4, -0.2) is 42.9 Å². The predicted molar refractivity (Wildman–Crippen MR) is 91.6 cm³/mol. The molecule has 2 N–H and O–H groups in total. The topological polar surface area (TPSA) is 66.5 Å². The van der Waals surface area contributed by atoms with Gasteiger partial charge in [-0.1, -0.05) is 19.4 Å². The molecule has 1 aromatic heterocycles. The van der Waals surface area contributed by atoms with Crippen molar-refractivity contribution < 1.29 is 9.53 Å². The van der Waals surface area contributed by atoms with Gasteiger partial charge in [0.25, 0.3) is 0 Å². The lowest BCUT2D eigenvalue weighted by Gasteiger charge is -2.36. The van der Waals surface area contributed by atoms with E-state index in [0.29, 0.717) is 13.1 Å². The minimum Gasteiger partial charge on any atom is -0.372 e. The highest BCUT2D eigenvalue weighted by Crippen LogP contribution is 2.18. The number of carbonyl (C=O) groups is 1. The second-order valence-corrected chi connectivity index (χ2v) is 6.15. The molecule has 23 heavy (non-hydrogen) atoms. The standard InChI is InChI=1S/C17H28N4O2/c1-4-5-8-18-17(22)20-10-15-6-7-16(19-9-15)21-11-13(2)23-14(3)12-21/h6-7,9,13-14H,4-5,8,10-12H2,1-3H3,(H2,18,20,22). The minimum atomic E-state index is -0.127. The molecule has 2 atom stereocenters. The summed E-state index contributed by atoms with van der Waals surface area (Å²) in [5.41, 5.74) is 0.994. The molecule has 2 amide bonds. The van der Waals surface area contributed by atoms with E-state index in [9.17, 15) is 4.79 Å². The van der Waals surface area contributed by atoms with Crippen molar-refractivity contribution >= 4 is 11.8 Å². The third kappa shape index (κ3) is 5.71. The highest BCUT2D eigenvalue weighted by molar-refractivity contribution is 5.73. The second kappa shape index (κ2) is 8.72. The third-order valence-electron chi connectivity index (χ3n) is 3.82. The van der Waals surface area contributed by atoms with Crippen molar-refractivity contribution in [2.45, 2.75) is 52.4 Å². The van der Waals surface area contributed by atoms with Crippen LogP contribution in [0.25, 0.3) is 0 Å². The number of hydrogen-bond acceptors (Lipinski definition) is 4. The van der Waals surface area contributed by atoms with Crippen molar-refractivity contribution in [1.29, 1.82) is 0 Å². The molecule has 0 aliphatic carbocycles. The van der Waals surface area contributed by atoms with Crippen LogP contribution < -0.4 is 15.5 Å². The van der Waals surface area contributed by atoms with Crippen molar-refractivity contribution in [2.75, 3.05) is 24.5 Å². The monoisotopic (exact) mass is 320 g/mol. The highest BCUT2D eigenvalue weighted by Gasteiger charge is 2.22. The summed E-state index contributed by atoms with van der Waals surface area (Å²) in [5, 5.41) is 5.68. The van der Waals surface area contributed by atoms with Crippen LogP contribution in [0.2, 0.25) is 0 Å². The van der Waals surface area contributed by atoms with Gasteiger partial charge in [-0.05, 0) is 31.9 Å². The first kappa shape index (κ1) is 17.5. The Hall–Kier alpha value is -1.82. The zero-order chi connectivity index (χ0) is 16.7. The van der Waals surface area contributed by atoms with Crippen LogP contribution in [0.1, 0.15) is 39.2 Å². The van der Waals surface area contributed by atoms with Crippen molar-refractivity contribution in [2.24, 2.45) is 0 Å². The number of hydrogen-bond donors (Lipinski definition) is 2. The molecule has 0 bridgehead atoms. The van der Waals surface area contributed by atoms with Gasteiger partial charge >= 0.3 is 6.03 Å². The quantitative estimate of drug-likeness (QED) is 0.789. The smallest absolute Gasteiger partial charge is 0.315 e. The van der Waals surface area contributed by atoms with Crippen molar-refractivity contribution in [1.82, 2.24) is 15.6 Å². The fourth-order valence-electron chi connectivity index (χ4n) is 2.70. The first-order valence-corrected chi connectivity index (χ1v) is 8.45. The molecular formula is C17H28N4O2. The molecule has 0 aromatic carbocycles. The summed E-state index contributed by atoms with van der Waals surface area (Å²) >= 11 is 0. The maximum absolute atomic E-state index is 11.6. The number of urea groups is 1. The van der Waals surface area contributed by atoms with E-state index in [0.717, 1.165) is 37.3 Å². The molecule has 1 aliphatic heterocycles. The van der Waals surface area contributed by atoms with Gasteiger partial charge < -0.3 is 20.3 Å². The number of nitrogens with zero attached hydrogens (tertiary/aromatic N) is 2. The van der Waals surface area contributed by atoms with E-state index >= 15 is 0 Å².